The number of hydrogen-bond acceptors (Lipinski definition) is 2. The maximum absolute atomic E-state index is 13.2. The van der Waals surface area contributed by atoms with E-state index in [0.29, 0.717) is 18.5 Å². The SMILES string of the molecule is CC(C)CC(=O)N1C[C@H](c2cccc(C(F)(F)F)c2)[C@H](C(=O)NCc2ccccc2)C1. The molecule has 166 valence electrons. The third kappa shape index (κ3) is 5.87. The summed E-state index contributed by atoms with van der Waals surface area (Å²) in [6.07, 6.45) is -4.12. The molecule has 0 aromatic heterocycles. The number of carbonyl (C=O) groups is 2. The predicted octanol–water partition coefficient (Wildman–Crippen LogP) is 4.61. The summed E-state index contributed by atoms with van der Waals surface area (Å²) in [5.41, 5.74) is 0.604. The Morgan fingerprint density at radius 3 is 2.42 bits per heavy atom. The van der Waals surface area contributed by atoms with Crippen molar-refractivity contribution in [1.29, 1.82) is 0 Å². The topological polar surface area (TPSA) is 49.4 Å². The number of likely N-dealkylation sites (tertiary alicyclic amines) is 1. The van der Waals surface area contributed by atoms with Crippen LogP contribution in [0.4, 0.5) is 13.2 Å². The Labute approximate surface area is 180 Å². The fourth-order valence-electron chi connectivity index (χ4n) is 3.95. The first-order chi connectivity index (χ1) is 14.6. The van der Waals surface area contributed by atoms with Crippen molar-refractivity contribution in [3.05, 3.63) is 71.3 Å². The van der Waals surface area contributed by atoms with E-state index in [2.05, 4.69) is 5.32 Å². The molecular formula is C24H27F3N2O2. The molecule has 2 amide bonds. The van der Waals surface area contributed by atoms with E-state index in [9.17, 15) is 22.8 Å². The van der Waals surface area contributed by atoms with Crippen LogP contribution in [0.2, 0.25) is 0 Å². The van der Waals surface area contributed by atoms with Gasteiger partial charge in [0.2, 0.25) is 11.8 Å². The molecule has 0 bridgehead atoms. The van der Waals surface area contributed by atoms with Gasteiger partial charge in [-0.05, 0) is 23.1 Å². The average molecular weight is 432 g/mol. The number of halogens is 3. The van der Waals surface area contributed by atoms with E-state index >= 15 is 0 Å². The number of nitrogens with one attached hydrogen (secondary N) is 1. The highest BCUT2D eigenvalue weighted by atomic mass is 19.4. The van der Waals surface area contributed by atoms with Crippen LogP contribution >= 0.6 is 0 Å². The number of carbonyl (C=O) groups excluding carboxylic acids is 2. The molecule has 0 unspecified atom stereocenters. The molecule has 3 rings (SSSR count). The van der Waals surface area contributed by atoms with Gasteiger partial charge in [0, 0.05) is 32.0 Å². The minimum absolute atomic E-state index is 0.0784. The maximum atomic E-state index is 13.2. The molecule has 4 nitrogen and oxygen atoms in total. The Morgan fingerprint density at radius 1 is 1.06 bits per heavy atom. The number of alkyl halides is 3. The first kappa shape index (κ1) is 22.8. The van der Waals surface area contributed by atoms with E-state index in [1.807, 2.05) is 44.2 Å². The summed E-state index contributed by atoms with van der Waals surface area (Å²) in [5, 5.41) is 2.89. The number of rotatable bonds is 6. The molecule has 7 heteroatoms. The summed E-state index contributed by atoms with van der Waals surface area (Å²) < 4.78 is 39.7. The molecule has 1 fully saturated rings. The Morgan fingerprint density at radius 2 is 1.77 bits per heavy atom. The van der Waals surface area contributed by atoms with Crippen LogP contribution in [0.25, 0.3) is 0 Å². The lowest BCUT2D eigenvalue weighted by Gasteiger charge is -2.19. The van der Waals surface area contributed by atoms with Gasteiger partial charge in [0.05, 0.1) is 11.5 Å². The molecule has 1 aliphatic rings. The quantitative estimate of drug-likeness (QED) is 0.725. The molecule has 31 heavy (non-hydrogen) atoms. The summed E-state index contributed by atoms with van der Waals surface area (Å²) in [6.45, 7) is 4.62. The third-order valence-electron chi connectivity index (χ3n) is 5.54. The molecule has 0 spiro atoms. The van der Waals surface area contributed by atoms with E-state index in [1.54, 1.807) is 11.0 Å². The van der Waals surface area contributed by atoms with Crippen molar-refractivity contribution in [3.8, 4) is 0 Å². The standard InChI is InChI=1S/C24H27F3N2O2/c1-16(2)11-22(30)29-14-20(18-9-6-10-19(12-18)24(25,26)27)21(15-29)23(31)28-13-17-7-4-3-5-8-17/h3-10,12,16,20-21H,11,13-15H2,1-2H3,(H,28,31)/t20-,21-/m1/s1. The molecular weight excluding hydrogens is 405 g/mol. The summed E-state index contributed by atoms with van der Waals surface area (Å²) >= 11 is 0. The first-order valence-electron chi connectivity index (χ1n) is 10.4. The minimum atomic E-state index is -4.47. The van der Waals surface area contributed by atoms with Gasteiger partial charge in [0.15, 0.2) is 0 Å². The van der Waals surface area contributed by atoms with Crippen LogP contribution in [-0.2, 0) is 22.3 Å². The Bertz CT molecular complexity index is 913. The smallest absolute Gasteiger partial charge is 0.352 e. The lowest BCUT2D eigenvalue weighted by atomic mass is 9.87. The van der Waals surface area contributed by atoms with Crippen molar-refractivity contribution >= 4 is 11.8 Å². The highest BCUT2D eigenvalue weighted by Crippen LogP contribution is 2.37. The fraction of sp³-hybridized carbons (Fsp3) is 0.417. The molecule has 2 aromatic rings. The van der Waals surface area contributed by atoms with Gasteiger partial charge in [-0.2, -0.15) is 13.2 Å². The van der Waals surface area contributed by atoms with Crippen molar-refractivity contribution in [1.82, 2.24) is 10.2 Å². The van der Waals surface area contributed by atoms with Gasteiger partial charge in [0.25, 0.3) is 0 Å². The highest BCUT2D eigenvalue weighted by molar-refractivity contribution is 5.83. The third-order valence-corrected chi connectivity index (χ3v) is 5.54. The van der Waals surface area contributed by atoms with Crippen LogP contribution in [0.5, 0.6) is 0 Å². The predicted molar refractivity (Wildman–Crippen MR) is 112 cm³/mol. The van der Waals surface area contributed by atoms with Crippen LogP contribution in [-0.4, -0.2) is 29.8 Å². The van der Waals surface area contributed by atoms with Gasteiger partial charge in [-0.3, -0.25) is 9.59 Å². The zero-order valence-electron chi connectivity index (χ0n) is 17.7. The van der Waals surface area contributed by atoms with E-state index in [4.69, 9.17) is 0 Å². The molecule has 1 aliphatic heterocycles. The van der Waals surface area contributed by atoms with Crippen molar-refractivity contribution in [2.75, 3.05) is 13.1 Å². The number of hydrogen-bond donors (Lipinski definition) is 1. The van der Waals surface area contributed by atoms with Crippen LogP contribution in [0.15, 0.2) is 54.6 Å². The minimum Gasteiger partial charge on any atom is -0.352 e. The lowest BCUT2D eigenvalue weighted by molar-refractivity contribution is -0.137. The van der Waals surface area contributed by atoms with Gasteiger partial charge in [-0.25, -0.2) is 0 Å². The largest absolute Gasteiger partial charge is 0.416 e. The van der Waals surface area contributed by atoms with Crippen LogP contribution in [0.3, 0.4) is 0 Å². The number of benzene rings is 2. The second-order valence-electron chi connectivity index (χ2n) is 8.44. The Hall–Kier alpha value is -2.83. The Kier molecular flexibility index (Phi) is 7.03. The fourth-order valence-corrected chi connectivity index (χ4v) is 3.95. The molecule has 0 saturated carbocycles. The van der Waals surface area contributed by atoms with Gasteiger partial charge in [-0.1, -0.05) is 62.4 Å². The van der Waals surface area contributed by atoms with E-state index < -0.39 is 23.6 Å². The first-order valence-corrected chi connectivity index (χ1v) is 10.4. The van der Waals surface area contributed by atoms with Crippen LogP contribution in [0.1, 0.15) is 42.9 Å². The number of amides is 2. The summed E-state index contributed by atoms with van der Waals surface area (Å²) in [4.78, 5) is 27.2. The van der Waals surface area contributed by atoms with Crippen LogP contribution in [0, 0.1) is 11.8 Å². The maximum Gasteiger partial charge on any atom is 0.416 e. The van der Waals surface area contributed by atoms with Crippen molar-refractivity contribution in [2.24, 2.45) is 11.8 Å². The second kappa shape index (κ2) is 9.54. The lowest BCUT2D eigenvalue weighted by Crippen LogP contribution is -2.35. The molecule has 0 aliphatic carbocycles. The second-order valence-corrected chi connectivity index (χ2v) is 8.44. The monoisotopic (exact) mass is 432 g/mol. The van der Waals surface area contributed by atoms with E-state index in [0.717, 1.165) is 17.7 Å². The molecule has 0 radical (unpaired) electrons. The van der Waals surface area contributed by atoms with Crippen molar-refractivity contribution in [2.45, 2.75) is 38.9 Å². The molecule has 2 atom stereocenters. The van der Waals surface area contributed by atoms with Crippen molar-refractivity contribution in [3.63, 3.8) is 0 Å². The zero-order valence-corrected chi connectivity index (χ0v) is 17.7. The zero-order chi connectivity index (χ0) is 22.6. The summed E-state index contributed by atoms with van der Waals surface area (Å²) in [7, 11) is 0. The molecule has 1 N–H and O–H groups in total. The average Bonchev–Trinajstić information content (AvgIpc) is 3.18. The van der Waals surface area contributed by atoms with E-state index in [1.165, 1.54) is 6.07 Å². The normalized spacial score (nSPS) is 19.0. The molecule has 2 aromatic carbocycles. The Balaban J connectivity index is 1.82. The van der Waals surface area contributed by atoms with Gasteiger partial charge >= 0.3 is 6.18 Å². The van der Waals surface area contributed by atoms with Gasteiger partial charge < -0.3 is 10.2 Å². The van der Waals surface area contributed by atoms with Gasteiger partial charge in [0.1, 0.15) is 0 Å². The molecule has 1 heterocycles. The van der Waals surface area contributed by atoms with Gasteiger partial charge in [-0.15, -0.1) is 0 Å². The number of nitrogens with zero attached hydrogens (tertiary/aromatic N) is 1. The highest BCUT2D eigenvalue weighted by Gasteiger charge is 2.41. The summed E-state index contributed by atoms with van der Waals surface area (Å²) in [5.74, 6) is -1.28. The molecule has 1 saturated heterocycles. The van der Waals surface area contributed by atoms with Crippen molar-refractivity contribution < 1.29 is 22.8 Å². The summed E-state index contributed by atoms with van der Waals surface area (Å²) in [6, 6.07) is 14.5. The van der Waals surface area contributed by atoms with Crippen LogP contribution < -0.4 is 5.32 Å². The van der Waals surface area contributed by atoms with E-state index in [-0.39, 0.29) is 30.8 Å².